The average molecular weight is 270 g/mol. The van der Waals surface area contributed by atoms with Crippen molar-refractivity contribution in [2.45, 2.75) is 0 Å². The summed E-state index contributed by atoms with van der Waals surface area (Å²) in [7, 11) is 1.59. The van der Waals surface area contributed by atoms with Crippen LogP contribution in [0.2, 0.25) is 0 Å². The van der Waals surface area contributed by atoms with E-state index in [-0.39, 0.29) is 5.56 Å². The van der Waals surface area contributed by atoms with E-state index < -0.39 is 0 Å². The zero-order valence-corrected chi connectivity index (χ0v) is 11.0. The van der Waals surface area contributed by atoms with Gasteiger partial charge >= 0.3 is 0 Å². The Hall–Kier alpha value is -2.27. The molecule has 0 aliphatic heterocycles. The Morgan fingerprint density at radius 1 is 1.16 bits per heavy atom. The number of hydrogen-bond acceptors (Lipinski definition) is 5. The monoisotopic (exact) mass is 270 g/mol. The van der Waals surface area contributed by atoms with E-state index >= 15 is 0 Å². The molecule has 0 fully saturated rings. The molecule has 2 aromatic heterocycles. The van der Waals surface area contributed by atoms with E-state index in [9.17, 15) is 4.79 Å². The molecule has 4 nitrogen and oxygen atoms in total. The van der Waals surface area contributed by atoms with Gasteiger partial charge < -0.3 is 4.74 Å². The lowest BCUT2D eigenvalue weighted by molar-refractivity contribution is 0.420. The summed E-state index contributed by atoms with van der Waals surface area (Å²) >= 11 is 1.41. The predicted octanol–water partition coefficient (Wildman–Crippen LogP) is 2.73. The summed E-state index contributed by atoms with van der Waals surface area (Å²) in [5.74, 6) is 0.680. The van der Waals surface area contributed by atoms with Gasteiger partial charge in [0.2, 0.25) is 0 Å². The Balaban J connectivity index is 2.33. The fraction of sp³-hybridized carbons (Fsp3) is 0.0714. The predicted molar refractivity (Wildman–Crippen MR) is 75.7 cm³/mol. The van der Waals surface area contributed by atoms with Gasteiger partial charge in [-0.3, -0.25) is 9.78 Å². The molecule has 0 aliphatic rings. The normalized spacial score (nSPS) is 10.6. The molecule has 0 spiro atoms. The number of aromatic nitrogens is 2. The summed E-state index contributed by atoms with van der Waals surface area (Å²) in [5, 5.41) is 1.17. The van der Waals surface area contributed by atoms with Crippen molar-refractivity contribution in [2.75, 3.05) is 7.11 Å². The maximum absolute atomic E-state index is 12.1. The van der Waals surface area contributed by atoms with Gasteiger partial charge in [0.1, 0.15) is 10.8 Å². The molecule has 0 aliphatic carbocycles. The molecule has 0 unspecified atom stereocenters. The van der Waals surface area contributed by atoms with Crippen LogP contribution < -0.4 is 10.3 Å². The van der Waals surface area contributed by atoms with E-state index in [2.05, 4.69) is 9.97 Å². The van der Waals surface area contributed by atoms with Gasteiger partial charge in [-0.25, -0.2) is 0 Å². The quantitative estimate of drug-likeness (QED) is 0.718. The summed E-state index contributed by atoms with van der Waals surface area (Å²) < 4.78 is 6.09. The number of nitrogens with zero attached hydrogens (tertiary/aromatic N) is 2. The minimum absolute atomic E-state index is 0.256. The Labute approximate surface area is 113 Å². The molecule has 5 heteroatoms. The number of pyridine rings is 1. The van der Waals surface area contributed by atoms with Crippen LogP contribution in [-0.4, -0.2) is 17.1 Å². The summed E-state index contributed by atoms with van der Waals surface area (Å²) in [6, 6.07) is 10.9. The van der Waals surface area contributed by atoms with Crippen LogP contribution in [0.4, 0.5) is 0 Å². The van der Waals surface area contributed by atoms with Crippen LogP contribution in [0.3, 0.4) is 0 Å². The molecule has 0 saturated carbocycles. The molecule has 3 aromatic rings. The minimum atomic E-state index is -0.256. The number of fused-ring (bicyclic) bond motifs is 1. The highest BCUT2D eigenvalue weighted by Crippen LogP contribution is 2.31. The second kappa shape index (κ2) is 4.78. The smallest absolute Gasteiger partial charge is 0.279 e. The maximum atomic E-state index is 12.1. The number of benzene rings is 1. The second-order valence-corrected chi connectivity index (χ2v) is 4.88. The van der Waals surface area contributed by atoms with Crippen LogP contribution in [0.25, 0.3) is 20.8 Å². The first-order valence-corrected chi connectivity index (χ1v) is 6.50. The van der Waals surface area contributed by atoms with E-state index in [0.29, 0.717) is 21.8 Å². The Morgan fingerprint density at radius 2 is 2.05 bits per heavy atom. The van der Waals surface area contributed by atoms with Crippen LogP contribution in [-0.2, 0) is 0 Å². The lowest BCUT2D eigenvalue weighted by atomic mass is 10.2. The van der Waals surface area contributed by atoms with Crippen LogP contribution in [0.5, 0.6) is 5.75 Å². The second-order valence-electron chi connectivity index (χ2n) is 3.88. The van der Waals surface area contributed by atoms with Gasteiger partial charge in [-0.2, -0.15) is 4.98 Å². The average Bonchev–Trinajstić information content (AvgIpc) is 2.47. The van der Waals surface area contributed by atoms with Crippen LogP contribution >= 0.6 is 11.3 Å². The molecule has 0 radical (unpaired) electrons. The molecule has 1 aromatic carbocycles. The third-order valence-corrected chi connectivity index (χ3v) is 3.83. The minimum Gasteiger partial charge on any atom is -0.495 e. The van der Waals surface area contributed by atoms with E-state index in [1.54, 1.807) is 25.4 Å². The van der Waals surface area contributed by atoms with Crippen LogP contribution in [0.15, 0.2) is 47.4 Å². The van der Waals surface area contributed by atoms with Gasteiger partial charge in [-0.15, -0.1) is 11.3 Å². The largest absolute Gasteiger partial charge is 0.495 e. The zero-order chi connectivity index (χ0) is 13.2. The summed E-state index contributed by atoms with van der Waals surface area (Å²) in [5.41, 5.74) is 0.436. The molecule has 0 atom stereocenters. The first-order valence-electron chi connectivity index (χ1n) is 5.69. The van der Waals surface area contributed by atoms with Crippen LogP contribution in [0.1, 0.15) is 0 Å². The molecule has 0 saturated heterocycles. The topological polar surface area (TPSA) is 52.1 Å². The molecule has 0 amide bonds. The van der Waals surface area contributed by atoms with Gasteiger partial charge in [-0.1, -0.05) is 12.1 Å². The number of methoxy groups -OCH3 is 1. The first kappa shape index (κ1) is 11.8. The third-order valence-electron chi connectivity index (χ3n) is 2.72. The van der Waals surface area contributed by atoms with Crippen molar-refractivity contribution in [3.8, 4) is 16.5 Å². The van der Waals surface area contributed by atoms with Crippen molar-refractivity contribution >= 4 is 21.4 Å². The molecule has 19 heavy (non-hydrogen) atoms. The van der Waals surface area contributed by atoms with Crippen molar-refractivity contribution in [3.05, 3.63) is 52.9 Å². The number of ether oxygens (including phenoxy) is 1. The molecule has 0 bridgehead atoms. The number of hydrogen-bond donors (Lipinski definition) is 0. The molecule has 3 rings (SSSR count). The van der Waals surface area contributed by atoms with Crippen molar-refractivity contribution in [3.63, 3.8) is 0 Å². The Morgan fingerprint density at radius 3 is 2.79 bits per heavy atom. The van der Waals surface area contributed by atoms with E-state index in [4.69, 9.17) is 4.74 Å². The van der Waals surface area contributed by atoms with Gasteiger partial charge in [0.15, 0.2) is 0 Å². The summed E-state index contributed by atoms with van der Waals surface area (Å²) in [6.07, 6.45) is 1.68. The summed E-state index contributed by atoms with van der Waals surface area (Å²) in [6.45, 7) is 0. The van der Waals surface area contributed by atoms with Crippen molar-refractivity contribution < 1.29 is 4.74 Å². The highest BCUT2D eigenvalue weighted by molar-refractivity contribution is 7.21. The van der Waals surface area contributed by atoms with Crippen molar-refractivity contribution in [1.82, 2.24) is 9.97 Å². The van der Waals surface area contributed by atoms with Gasteiger partial charge in [0.05, 0.1) is 22.9 Å². The SMILES string of the molecule is COc1cccc2c(=O)nc(-c3ccccn3)sc12. The van der Waals surface area contributed by atoms with Gasteiger partial charge in [-0.05, 0) is 24.3 Å². The fourth-order valence-electron chi connectivity index (χ4n) is 1.82. The Bertz CT molecular complexity index is 784. The van der Waals surface area contributed by atoms with Crippen molar-refractivity contribution in [1.29, 1.82) is 0 Å². The van der Waals surface area contributed by atoms with E-state index in [0.717, 1.165) is 4.70 Å². The first-order chi connectivity index (χ1) is 9.29. The molecule has 0 N–H and O–H groups in total. The third kappa shape index (κ3) is 2.08. The van der Waals surface area contributed by atoms with Gasteiger partial charge in [0.25, 0.3) is 5.56 Å². The van der Waals surface area contributed by atoms with Crippen molar-refractivity contribution in [2.24, 2.45) is 0 Å². The number of rotatable bonds is 2. The molecule has 94 valence electrons. The van der Waals surface area contributed by atoms with E-state index in [1.165, 1.54) is 11.3 Å². The standard InChI is InChI=1S/C14H10N2O2S/c1-18-11-7-4-5-9-12(11)19-14(16-13(9)17)10-6-2-3-8-15-10/h2-8H,1H3. The molecular weight excluding hydrogens is 260 g/mol. The molecule has 2 heterocycles. The van der Waals surface area contributed by atoms with Gasteiger partial charge in [0, 0.05) is 6.20 Å². The lowest BCUT2D eigenvalue weighted by Gasteiger charge is -2.05. The lowest BCUT2D eigenvalue weighted by Crippen LogP contribution is -2.06. The zero-order valence-electron chi connectivity index (χ0n) is 10.2. The van der Waals surface area contributed by atoms with Crippen LogP contribution in [0, 0.1) is 0 Å². The molecular formula is C14H10N2O2S. The van der Waals surface area contributed by atoms with E-state index in [1.807, 2.05) is 24.3 Å². The summed E-state index contributed by atoms with van der Waals surface area (Å²) in [4.78, 5) is 20.4. The highest BCUT2D eigenvalue weighted by atomic mass is 32.1. The highest BCUT2D eigenvalue weighted by Gasteiger charge is 2.10. The Kier molecular flexibility index (Phi) is 2.97. The fourth-order valence-corrected chi connectivity index (χ4v) is 2.89. The maximum Gasteiger partial charge on any atom is 0.279 e.